The summed E-state index contributed by atoms with van der Waals surface area (Å²) >= 11 is 0. The minimum atomic E-state index is -0.966. The number of nitrogens with zero attached hydrogens (tertiary/aromatic N) is 2. The number of hydrogen-bond acceptors (Lipinski definition) is 7. The van der Waals surface area contributed by atoms with E-state index in [1.807, 2.05) is 0 Å². The summed E-state index contributed by atoms with van der Waals surface area (Å²) in [5, 5.41) is 15.9. The van der Waals surface area contributed by atoms with Crippen molar-refractivity contribution >= 4 is 23.5 Å². The van der Waals surface area contributed by atoms with Gasteiger partial charge < -0.3 is 21.1 Å². The highest BCUT2D eigenvalue weighted by Gasteiger charge is 2.21. The summed E-state index contributed by atoms with van der Waals surface area (Å²) in [7, 11) is 1.57. The Morgan fingerprint density at radius 1 is 1.55 bits per heavy atom. The van der Waals surface area contributed by atoms with Gasteiger partial charge in [-0.1, -0.05) is 0 Å². The van der Waals surface area contributed by atoms with Crippen molar-refractivity contribution in [1.29, 1.82) is 0 Å². The van der Waals surface area contributed by atoms with Gasteiger partial charge in [0.05, 0.1) is 11.5 Å². The molecule has 10 heteroatoms. The zero-order valence-corrected chi connectivity index (χ0v) is 10.6. The fourth-order valence-electron chi connectivity index (χ4n) is 1.32. The molecule has 0 aliphatic rings. The molecule has 1 aromatic heterocycles. The Kier molecular flexibility index (Phi) is 5.21. The molecule has 108 valence electrons. The van der Waals surface area contributed by atoms with Gasteiger partial charge in [-0.2, -0.15) is 0 Å². The van der Waals surface area contributed by atoms with Crippen molar-refractivity contribution in [2.45, 2.75) is 0 Å². The Bertz CT molecular complexity index is 533. The predicted molar refractivity (Wildman–Crippen MR) is 68.3 cm³/mol. The number of nitrogens with two attached hydrogens (primary N) is 1. The number of nitrogens with one attached hydrogen (secondary N) is 2. The van der Waals surface area contributed by atoms with Crippen LogP contribution in [-0.2, 0) is 4.74 Å². The molecule has 0 aromatic carbocycles. The van der Waals surface area contributed by atoms with Gasteiger partial charge in [-0.25, -0.2) is 9.78 Å². The number of aromatic nitrogens is 1. The van der Waals surface area contributed by atoms with Crippen LogP contribution in [0.1, 0.15) is 10.4 Å². The van der Waals surface area contributed by atoms with E-state index in [0.29, 0.717) is 5.82 Å². The van der Waals surface area contributed by atoms with Gasteiger partial charge in [0.2, 0.25) is 0 Å². The van der Waals surface area contributed by atoms with E-state index in [2.05, 4.69) is 20.4 Å². The van der Waals surface area contributed by atoms with Crippen LogP contribution in [0.15, 0.2) is 12.3 Å². The van der Waals surface area contributed by atoms with Crippen LogP contribution in [-0.4, -0.2) is 42.1 Å². The quantitative estimate of drug-likeness (QED) is 0.373. The van der Waals surface area contributed by atoms with Crippen LogP contribution < -0.4 is 16.4 Å². The van der Waals surface area contributed by atoms with Crippen molar-refractivity contribution < 1.29 is 19.2 Å². The van der Waals surface area contributed by atoms with Gasteiger partial charge in [0.1, 0.15) is 24.2 Å². The van der Waals surface area contributed by atoms with Crippen LogP contribution in [0.25, 0.3) is 0 Å². The zero-order chi connectivity index (χ0) is 15.1. The van der Waals surface area contributed by atoms with Crippen LogP contribution in [0.3, 0.4) is 0 Å². The van der Waals surface area contributed by atoms with Gasteiger partial charge in [-0.15, -0.1) is 0 Å². The van der Waals surface area contributed by atoms with Gasteiger partial charge in [-0.05, 0) is 0 Å². The molecule has 0 unspecified atom stereocenters. The second-order valence-corrected chi connectivity index (χ2v) is 3.52. The number of carbonyl (C=O) groups is 2. The first-order chi connectivity index (χ1) is 9.45. The van der Waals surface area contributed by atoms with E-state index in [0.717, 1.165) is 6.20 Å². The average Bonchev–Trinajstić information content (AvgIpc) is 2.42. The van der Waals surface area contributed by atoms with Crippen LogP contribution in [0.5, 0.6) is 0 Å². The smallest absolute Gasteiger partial charge is 0.404 e. The van der Waals surface area contributed by atoms with Crippen LogP contribution in [0, 0.1) is 10.1 Å². The number of nitro groups is 1. The first kappa shape index (κ1) is 15.1. The van der Waals surface area contributed by atoms with E-state index in [1.54, 1.807) is 7.05 Å². The van der Waals surface area contributed by atoms with E-state index in [1.165, 1.54) is 6.07 Å². The molecule has 0 radical (unpaired) electrons. The van der Waals surface area contributed by atoms with Crippen molar-refractivity contribution in [2.75, 3.05) is 25.5 Å². The maximum atomic E-state index is 11.8. The molecule has 0 aliphatic heterocycles. The molecular formula is C10H13N5O5. The lowest BCUT2D eigenvalue weighted by atomic mass is 10.2. The molecule has 0 saturated carbocycles. The average molecular weight is 283 g/mol. The number of primary amides is 1. The molecule has 0 aliphatic carbocycles. The number of carbonyl (C=O) groups excluding carboxylic acids is 2. The van der Waals surface area contributed by atoms with Crippen molar-refractivity contribution in [3.63, 3.8) is 0 Å². The normalized spacial score (nSPS) is 9.65. The third-order valence-electron chi connectivity index (χ3n) is 2.21. The predicted octanol–water partition coefficient (Wildman–Crippen LogP) is -0.143. The number of pyridine rings is 1. The standard InChI is InChI=1S/C10H13N5O5/c1-12-8-4-6(7(5-14-8)15(18)19)9(16)13-2-3-20-10(11)17/h4-5H,2-3H2,1H3,(H2,11,17)(H,12,14)(H,13,16). The van der Waals surface area contributed by atoms with Crippen LogP contribution in [0.2, 0.25) is 0 Å². The van der Waals surface area contributed by atoms with Crippen molar-refractivity contribution in [2.24, 2.45) is 5.73 Å². The molecule has 20 heavy (non-hydrogen) atoms. The summed E-state index contributed by atoms with van der Waals surface area (Å²) in [6.07, 6.45) is 0.0207. The van der Waals surface area contributed by atoms with E-state index in [-0.39, 0.29) is 18.7 Å². The molecule has 0 atom stereocenters. The van der Waals surface area contributed by atoms with Gasteiger partial charge in [-0.3, -0.25) is 14.9 Å². The Morgan fingerprint density at radius 2 is 2.25 bits per heavy atom. The van der Waals surface area contributed by atoms with E-state index in [9.17, 15) is 19.7 Å². The van der Waals surface area contributed by atoms with E-state index < -0.39 is 22.6 Å². The molecule has 0 fully saturated rings. The van der Waals surface area contributed by atoms with E-state index >= 15 is 0 Å². The number of ether oxygens (including phenoxy) is 1. The van der Waals surface area contributed by atoms with Crippen LogP contribution in [0.4, 0.5) is 16.3 Å². The first-order valence-corrected chi connectivity index (χ1v) is 5.48. The summed E-state index contributed by atoms with van der Waals surface area (Å²) in [4.78, 5) is 36.0. The fourth-order valence-corrected chi connectivity index (χ4v) is 1.32. The molecule has 0 spiro atoms. The number of rotatable bonds is 6. The molecule has 1 aromatic rings. The molecular weight excluding hydrogens is 270 g/mol. The summed E-state index contributed by atoms with van der Waals surface area (Å²) in [5.41, 5.74) is 4.18. The monoisotopic (exact) mass is 283 g/mol. The third kappa shape index (κ3) is 4.08. The van der Waals surface area contributed by atoms with Gasteiger partial charge in [0.25, 0.3) is 11.6 Å². The fraction of sp³-hybridized carbons (Fsp3) is 0.300. The molecule has 4 N–H and O–H groups in total. The Hall–Kier alpha value is -2.91. The lowest BCUT2D eigenvalue weighted by molar-refractivity contribution is -0.385. The summed E-state index contributed by atoms with van der Waals surface area (Å²) in [5.74, 6) is -0.363. The maximum Gasteiger partial charge on any atom is 0.404 e. The van der Waals surface area contributed by atoms with Crippen LogP contribution >= 0.6 is 0 Å². The largest absolute Gasteiger partial charge is 0.448 e. The third-order valence-corrected chi connectivity index (χ3v) is 2.21. The molecule has 1 heterocycles. The summed E-state index contributed by atoms with van der Waals surface area (Å²) in [6, 6.07) is 1.25. The summed E-state index contributed by atoms with van der Waals surface area (Å²) in [6.45, 7) is -0.144. The summed E-state index contributed by atoms with van der Waals surface area (Å²) < 4.78 is 4.42. The molecule has 0 bridgehead atoms. The molecule has 1 rings (SSSR count). The van der Waals surface area contributed by atoms with Crippen molar-refractivity contribution in [3.8, 4) is 0 Å². The highest BCUT2D eigenvalue weighted by atomic mass is 16.6. The lowest BCUT2D eigenvalue weighted by Gasteiger charge is -2.07. The Labute approximate surface area is 113 Å². The Balaban J connectivity index is 2.79. The molecule has 10 nitrogen and oxygen atoms in total. The minimum absolute atomic E-state index is 0.0177. The second-order valence-electron chi connectivity index (χ2n) is 3.52. The number of hydrogen-bond donors (Lipinski definition) is 3. The second kappa shape index (κ2) is 6.87. The highest BCUT2D eigenvalue weighted by Crippen LogP contribution is 2.19. The van der Waals surface area contributed by atoms with Gasteiger partial charge in [0.15, 0.2) is 0 Å². The minimum Gasteiger partial charge on any atom is -0.448 e. The van der Waals surface area contributed by atoms with E-state index in [4.69, 9.17) is 5.73 Å². The maximum absolute atomic E-state index is 11.8. The lowest BCUT2D eigenvalue weighted by Crippen LogP contribution is -2.29. The molecule has 2 amide bonds. The Morgan fingerprint density at radius 3 is 2.80 bits per heavy atom. The molecule has 0 saturated heterocycles. The number of anilines is 1. The van der Waals surface area contributed by atoms with Gasteiger partial charge >= 0.3 is 6.09 Å². The SMILES string of the molecule is CNc1cc(C(=O)NCCOC(N)=O)c([N+](=O)[O-])cn1. The highest BCUT2D eigenvalue weighted by molar-refractivity contribution is 5.98. The first-order valence-electron chi connectivity index (χ1n) is 5.48. The zero-order valence-electron chi connectivity index (χ0n) is 10.6. The van der Waals surface area contributed by atoms with Gasteiger partial charge in [0, 0.05) is 13.1 Å². The number of amides is 2. The topological polar surface area (TPSA) is 149 Å². The van der Waals surface area contributed by atoms with Crippen molar-refractivity contribution in [3.05, 3.63) is 27.9 Å². The van der Waals surface area contributed by atoms with Crippen molar-refractivity contribution in [1.82, 2.24) is 10.3 Å².